The molecule has 1 aromatic carbocycles. The van der Waals surface area contributed by atoms with Crippen LogP contribution in [0.15, 0.2) is 29.2 Å². The summed E-state index contributed by atoms with van der Waals surface area (Å²) in [7, 11) is 2.08. The lowest BCUT2D eigenvalue weighted by Gasteiger charge is -2.28. The minimum Gasteiger partial charge on any atom is -0.349 e. The molecule has 1 unspecified atom stereocenters. The summed E-state index contributed by atoms with van der Waals surface area (Å²) < 4.78 is 2.20. The molecule has 8 heteroatoms. The fraction of sp³-hybridized carbons (Fsp3) is 0.591. The number of nitrogens with one attached hydrogen (secondary N) is 1. The van der Waals surface area contributed by atoms with Crippen LogP contribution in [0.1, 0.15) is 30.1 Å². The number of rotatable bonds is 6. The van der Waals surface area contributed by atoms with Crippen molar-refractivity contribution in [1.82, 2.24) is 29.9 Å². The molecule has 3 heterocycles. The number of carbonyl (C=O) groups excluding carboxylic acids is 1. The van der Waals surface area contributed by atoms with E-state index in [0.717, 1.165) is 70.2 Å². The SMILES string of the molecule is CSc1ccc(CN2CCc3nnc(CNC(=O)C4CCCN(C)C4)n3CC2)cc1. The van der Waals surface area contributed by atoms with Gasteiger partial charge in [-0.25, -0.2) is 0 Å². The van der Waals surface area contributed by atoms with Gasteiger partial charge in [0.2, 0.25) is 5.91 Å². The summed E-state index contributed by atoms with van der Waals surface area (Å²) in [6.07, 6.45) is 5.05. The van der Waals surface area contributed by atoms with Crippen molar-refractivity contribution >= 4 is 17.7 Å². The third-order valence-corrected chi connectivity index (χ3v) is 6.92. The molecule has 1 fully saturated rings. The van der Waals surface area contributed by atoms with E-state index in [9.17, 15) is 4.79 Å². The molecule has 1 atom stereocenters. The standard InChI is InChI=1S/C22H32N6OS/c1-26-10-3-4-18(16-26)22(29)23-14-21-25-24-20-9-11-27(12-13-28(20)21)15-17-5-7-19(30-2)8-6-17/h5-8,18H,3-4,9-16H2,1-2H3,(H,23,29). The van der Waals surface area contributed by atoms with Gasteiger partial charge in [-0.3, -0.25) is 9.69 Å². The Kier molecular flexibility index (Phi) is 7.07. The number of thioether (sulfide) groups is 1. The molecule has 30 heavy (non-hydrogen) atoms. The van der Waals surface area contributed by atoms with Crippen LogP contribution in [0.5, 0.6) is 0 Å². The molecule has 1 N–H and O–H groups in total. The smallest absolute Gasteiger partial charge is 0.224 e. The van der Waals surface area contributed by atoms with Gasteiger partial charge in [-0.2, -0.15) is 0 Å². The second-order valence-corrected chi connectivity index (χ2v) is 9.26. The van der Waals surface area contributed by atoms with Crippen molar-refractivity contribution in [3.63, 3.8) is 0 Å². The van der Waals surface area contributed by atoms with Gasteiger partial charge in [0.25, 0.3) is 0 Å². The molecule has 0 bridgehead atoms. The Morgan fingerprint density at radius 3 is 2.77 bits per heavy atom. The minimum absolute atomic E-state index is 0.0864. The molecule has 0 spiro atoms. The number of amides is 1. The van der Waals surface area contributed by atoms with Crippen LogP contribution in [0, 0.1) is 5.92 Å². The zero-order valence-corrected chi connectivity index (χ0v) is 18.8. The average Bonchev–Trinajstić information content (AvgIpc) is 3.05. The van der Waals surface area contributed by atoms with E-state index in [2.05, 4.69) is 67.4 Å². The Morgan fingerprint density at radius 1 is 1.17 bits per heavy atom. The van der Waals surface area contributed by atoms with Gasteiger partial charge >= 0.3 is 0 Å². The lowest BCUT2D eigenvalue weighted by atomic mass is 9.98. The van der Waals surface area contributed by atoms with E-state index < -0.39 is 0 Å². The predicted molar refractivity (Wildman–Crippen MR) is 119 cm³/mol. The van der Waals surface area contributed by atoms with Crippen LogP contribution >= 0.6 is 11.8 Å². The molecule has 4 rings (SSSR count). The van der Waals surface area contributed by atoms with Crippen molar-refractivity contribution in [1.29, 1.82) is 0 Å². The zero-order chi connectivity index (χ0) is 20.9. The van der Waals surface area contributed by atoms with Crippen LogP contribution in [0.3, 0.4) is 0 Å². The van der Waals surface area contributed by atoms with Crippen LogP contribution in [0.25, 0.3) is 0 Å². The van der Waals surface area contributed by atoms with Gasteiger partial charge in [0.15, 0.2) is 5.82 Å². The van der Waals surface area contributed by atoms with Crippen LogP contribution in [0.2, 0.25) is 0 Å². The van der Waals surface area contributed by atoms with Gasteiger partial charge in [-0.05, 0) is 50.4 Å². The lowest BCUT2D eigenvalue weighted by Crippen LogP contribution is -2.41. The van der Waals surface area contributed by atoms with E-state index in [-0.39, 0.29) is 11.8 Å². The van der Waals surface area contributed by atoms with Crippen LogP contribution in [0.4, 0.5) is 0 Å². The van der Waals surface area contributed by atoms with E-state index in [1.807, 2.05) is 0 Å². The zero-order valence-electron chi connectivity index (χ0n) is 18.0. The number of hydrogen-bond donors (Lipinski definition) is 1. The second-order valence-electron chi connectivity index (χ2n) is 8.38. The minimum atomic E-state index is 0.0864. The van der Waals surface area contributed by atoms with Crippen LogP contribution in [-0.2, 0) is 30.8 Å². The second kappa shape index (κ2) is 9.94. The van der Waals surface area contributed by atoms with Crippen molar-refractivity contribution in [2.45, 2.75) is 43.8 Å². The highest BCUT2D eigenvalue weighted by Crippen LogP contribution is 2.18. The van der Waals surface area contributed by atoms with Crippen molar-refractivity contribution in [2.75, 3.05) is 39.5 Å². The summed E-state index contributed by atoms with van der Waals surface area (Å²) in [5.41, 5.74) is 1.34. The number of piperidine rings is 1. The number of likely N-dealkylation sites (tertiary alicyclic amines) is 1. The van der Waals surface area contributed by atoms with E-state index >= 15 is 0 Å². The molecule has 2 aliphatic rings. The summed E-state index contributed by atoms with van der Waals surface area (Å²) in [4.78, 5) is 18.6. The Morgan fingerprint density at radius 2 is 2.00 bits per heavy atom. The fourth-order valence-electron chi connectivity index (χ4n) is 4.40. The molecule has 1 saturated heterocycles. The third kappa shape index (κ3) is 5.22. The van der Waals surface area contributed by atoms with E-state index in [1.165, 1.54) is 10.5 Å². The Labute approximate surface area is 183 Å². The summed E-state index contributed by atoms with van der Waals surface area (Å²) in [5.74, 6) is 2.12. The summed E-state index contributed by atoms with van der Waals surface area (Å²) in [5, 5.41) is 11.9. The molecule has 1 amide bonds. The fourth-order valence-corrected chi connectivity index (χ4v) is 4.80. The molecule has 2 aromatic rings. The maximum absolute atomic E-state index is 12.6. The van der Waals surface area contributed by atoms with E-state index in [0.29, 0.717) is 6.54 Å². The highest BCUT2D eigenvalue weighted by Gasteiger charge is 2.25. The average molecular weight is 429 g/mol. The molecule has 162 valence electrons. The van der Waals surface area contributed by atoms with Crippen molar-refractivity contribution in [2.24, 2.45) is 5.92 Å². The Bertz CT molecular complexity index is 852. The Hall–Kier alpha value is -1.90. The van der Waals surface area contributed by atoms with Gasteiger partial charge in [-0.15, -0.1) is 22.0 Å². The maximum atomic E-state index is 12.6. The van der Waals surface area contributed by atoms with Crippen LogP contribution < -0.4 is 5.32 Å². The number of carbonyl (C=O) groups is 1. The molecular weight excluding hydrogens is 396 g/mol. The first-order valence-electron chi connectivity index (χ1n) is 10.8. The maximum Gasteiger partial charge on any atom is 0.224 e. The van der Waals surface area contributed by atoms with Gasteiger partial charge < -0.3 is 14.8 Å². The van der Waals surface area contributed by atoms with E-state index in [1.54, 1.807) is 11.8 Å². The number of fused-ring (bicyclic) bond motifs is 1. The topological polar surface area (TPSA) is 66.3 Å². The highest BCUT2D eigenvalue weighted by molar-refractivity contribution is 7.98. The number of aromatic nitrogens is 3. The van der Waals surface area contributed by atoms with Gasteiger partial charge in [-0.1, -0.05) is 12.1 Å². The largest absolute Gasteiger partial charge is 0.349 e. The molecule has 0 saturated carbocycles. The predicted octanol–water partition coefficient (Wildman–Crippen LogP) is 2.02. The molecule has 7 nitrogen and oxygen atoms in total. The molecule has 0 radical (unpaired) electrons. The number of hydrogen-bond acceptors (Lipinski definition) is 6. The van der Waals surface area contributed by atoms with Crippen LogP contribution in [-0.4, -0.2) is 70.0 Å². The van der Waals surface area contributed by atoms with Gasteiger partial charge in [0, 0.05) is 44.0 Å². The first-order valence-corrected chi connectivity index (χ1v) is 12.1. The first-order chi connectivity index (χ1) is 14.6. The molecule has 0 aliphatic carbocycles. The summed E-state index contributed by atoms with van der Waals surface area (Å²) in [6, 6.07) is 8.83. The lowest BCUT2D eigenvalue weighted by molar-refractivity contribution is -0.126. The summed E-state index contributed by atoms with van der Waals surface area (Å²) in [6.45, 7) is 6.14. The van der Waals surface area contributed by atoms with Gasteiger partial charge in [0.05, 0.1) is 12.5 Å². The van der Waals surface area contributed by atoms with E-state index in [4.69, 9.17) is 0 Å². The summed E-state index contributed by atoms with van der Waals surface area (Å²) >= 11 is 1.77. The monoisotopic (exact) mass is 428 g/mol. The van der Waals surface area contributed by atoms with Gasteiger partial charge in [0.1, 0.15) is 5.82 Å². The third-order valence-electron chi connectivity index (χ3n) is 6.18. The normalized spacial score (nSPS) is 20.5. The number of benzene rings is 1. The quantitative estimate of drug-likeness (QED) is 0.710. The van der Waals surface area contributed by atoms with Crippen molar-refractivity contribution in [3.05, 3.63) is 41.5 Å². The van der Waals surface area contributed by atoms with Crippen molar-refractivity contribution in [3.8, 4) is 0 Å². The van der Waals surface area contributed by atoms with Crippen molar-refractivity contribution < 1.29 is 4.79 Å². The molecular formula is C22H32N6OS. The highest BCUT2D eigenvalue weighted by atomic mass is 32.2. The molecule has 1 aromatic heterocycles. The first kappa shape index (κ1) is 21.3. The number of nitrogens with zero attached hydrogens (tertiary/aromatic N) is 5. The molecule has 2 aliphatic heterocycles. The Balaban J connectivity index is 1.31.